The molecule has 1 aliphatic rings. The highest BCUT2D eigenvalue weighted by Crippen LogP contribution is 2.23. The van der Waals surface area contributed by atoms with Gasteiger partial charge in [-0.1, -0.05) is 0 Å². The van der Waals surface area contributed by atoms with Gasteiger partial charge in [0.05, 0.1) is 18.9 Å². The zero-order valence-electron chi connectivity index (χ0n) is 14.9. The molecule has 134 valence electrons. The highest BCUT2D eigenvalue weighted by atomic mass is 16.5. The predicted octanol–water partition coefficient (Wildman–Crippen LogP) is 1.32. The molecular formula is C17H24N6O2. The van der Waals surface area contributed by atoms with E-state index in [9.17, 15) is 4.79 Å². The Morgan fingerprint density at radius 2 is 2.20 bits per heavy atom. The fourth-order valence-electron chi connectivity index (χ4n) is 2.93. The third-order valence-corrected chi connectivity index (χ3v) is 4.20. The van der Waals surface area contributed by atoms with E-state index in [-0.39, 0.29) is 11.9 Å². The van der Waals surface area contributed by atoms with Crippen LogP contribution in [0.2, 0.25) is 0 Å². The molecular weight excluding hydrogens is 320 g/mol. The van der Waals surface area contributed by atoms with Crippen molar-refractivity contribution >= 4 is 11.7 Å². The lowest BCUT2D eigenvalue weighted by Gasteiger charge is -2.35. The van der Waals surface area contributed by atoms with Crippen LogP contribution >= 0.6 is 0 Å². The number of aryl methyl sites for hydroxylation is 3. The van der Waals surface area contributed by atoms with Crippen molar-refractivity contribution in [1.82, 2.24) is 24.6 Å². The number of amides is 1. The van der Waals surface area contributed by atoms with Crippen LogP contribution in [0.1, 0.15) is 29.7 Å². The van der Waals surface area contributed by atoms with Gasteiger partial charge in [0.25, 0.3) is 0 Å². The molecule has 1 N–H and O–H groups in total. The van der Waals surface area contributed by atoms with Gasteiger partial charge >= 0.3 is 0 Å². The molecule has 2 aromatic rings. The van der Waals surface area contributed by atoms with E-state index >= 15 is 0 Å². The quantitative estimate of drug-likeness (QED) is 0.880. The summed E-state index contributed by atoms with van der Waals surface area (Å²) in [5, 5.41) is 7.36. The molecule has 3 heterocycles. The minimum absolute atomic E-state index is 0.0672. The van der Waals surface area contributed by atoms with Crippen LogP contribution in [0.4, 0.5) is 5.82 Å². The van der Waals surface area contributed by atoms with Crippen molar-refractivity contribution < 1.29 is 9.53 Å². The Bertz CT molecular complexity index is 744. The number of aromatic nitrogens is 4. The Morgan fingerprint density at radius 3 is 2.92 bits per heavy atom. The second-order valence-corrected chi connectivity index (χ2v) is 6.15. The molecule has 8 nitrogen and oxygen atoms in total. The number of hydrogen-bond donors (Lipinski definition) is 1. The van der Waals surface area contributed by atoms with E-state index in [0.717, 1.165) is 17.2 Å². The predicted molar refractivity (Wildman–Crippen MR) is 93.2 cm³/mol. The van der Waals surface area contributed by atoms with E-state index in [1.165, 1.54) is 0 Å². The fourth-order valence-corrected chi connectivity index (χ4v) is 2.93. The summed E-state index contributed by atoms with van der Waals surface area (Å²) in [5.74, 6) is 1.43. The normalized spacial score (nSPS) is 17.6. The molecule has 8 heteroatoms. The van der Waals surface area contributed by atoms with E-state index in [0.29, 0.717) is 38.5 Å². The second-order valence-electron chi connectivity index (χ2n) is 6.15. The van der Waals surface area contributed by atoms with E-state index in [1.807, 2.05) is 44.1 Å². The van der Waals surface area contributed by atoms with Gasteiger partial charge in [-0.15, -0.1) is 0 Å². The second kappa shape index (κ2) is 7.60. The number of carbonyl (C=O) groups excluding carboxylic acids is 1. The molecule has 0 bridgehead atoms. The maximum Gasteiger partial charge on any atom is 0.225 e. The largest absolute Gasteiger partial charge is 0.377 e. The van der Waals surface area contributed by atoms with Crippen molar-refractivity contribution in [3.05, 3.63) is 35.5 Å². The summed E-state index contributed by atoms with van der Waals surface area (Å²) >= 11 is 0. The van der Waals surface area contributed by atoms with Gasteiger partial charge < -0.3 is 15.0 Å². The Morgan fingerprint density at radius 1 is 1.36 bits per heavy atom. The van der Waals surface area contributed by atoms with E-state index < -0.39 is 0 Å². The molecule has 1 fully saturated rings. The average molecular weight is 344 g/mol. The molecule has 0 spiro atoms. The zero-order chi connectivity index (χ0) is 17.8. The molecule has 25 heavy (non-hydrogen) atoms. The van der Waals surface area contributed by atoms with Crippen LogP contribution in [-0.2, 0) is 16.1 Å². The summed E-state index contributed by atoms with van der Waals surface area (Å²) in [6, 6.07) is 3.55. The van der Waals surface area contributed by atoms with Crippen LogP contribution in [0.3, 0.4) is 0 Å². The van der Waals surface area contributed by atoms with Crippen LogP contribution in [0.15, 0.2) is 18.3 Å². The first-order valence-electron chi connectivity index (χ1n) is 8.47. The van der Waals surface area contributed by atoms with Gasteiger partial charge in [-0.05, 0) is 19.9 Å². The number of hydrogen-bond acceptors (Lipinski definition) is 6. The fraction of sp³-hybridized carbons (Fsp3) is 0.529. The summed E-state index contributed by atoms with van der Waals surface area (Å²) in [7, 11) is 1.82. The number of anilines is 1. The lowest BCUT2D eigenvalue weighted by atomic mass is 10.2. The van der Waals surface area contributed by atoms with Crippen LogP contribution < -0.4 is 5.32 Å². The highest BCUT2D eigenvalue weighted by Gasteiger charge is 2.30. The third kappa shape index (κ3) is 4.14. The number of carbonyl (C=O) groups is 1. The van der Waals surface area contributed by atoms with Gasteiger partial charge in [-0.25, -0.2) is 9.97 Å². The minimum Gasteiger partial charge on any atom is -0.377 e. The number of ether oxygens (including phenoxy) is 1. The number of nitrogens with zero attached hydrogens (tertiary/aromatic N) is 5. The summed E-state index contributed by atoms with van der Waals surface area (Å²) in [5.41, 5.74) is 1.81. The first kappa shape index (κ1) is 17.3. The van der Waals surface area contributed by atoms with Crippen molar-refractivity contribution in [2.75, 3.05) is 32.1 Å². The Balaban J connectivity index is 1.73. The average Bonchev–Trinajstić information content (AvgIpc) is 3.04. The summed E-state index contributed by atoms with van der Waals surface area (Å²) in [6.45, 7) is 5.92. The lowest BCUT2D eigenvalue weighted by Crippen LogP contribution is -2.44. The standard InChI is InChI=1S/C17H24N6O2/c1-12-4-6-22(21-12)7-5-16(24)23-8-9-25-11-14(23)17-19-13(2)10-15(18-3)20-17/h4,6,10,14H,5,7-9,11H2,1-3H3,(H,18,19,20). The molecule has 3 rings (SSSR count). The van der Waals surface area contributed by atoms with Crippen LogP contribution in [-0.4, -0.2) is 57.4 Å². The van der Waals surface area contributed by atoms with E-state index in [2.05, 4.69) is 20.4 Å². The molecule has 1 amide bonds. The molecule has 0 radical (unpaired) electrons. The van der Waals surface area contributed by atoms with Gasteiger partial charge in [0.2, 0.25) is 5.91 Å². The third-order valence-electron chi connectivity index (χ3n) is 4.20. The smallest absolute Gasteiger partial charge is 0.225 e. The van der Waals surface area contributed by atoms with E-state index in [1.54, 1.807) is 4.68 Å². The monoisotopic (exact) mass is 344 g/mol. The Kier molecular flexibility index (Phi) is 5.28. The van der Waals surface area contributed by atoms with Crippen molar-refractivity contribution in [2.45, 2.75) is 32.9 Å². The summed E-state index contributed by atoms with van der Waals surface area (Å²) < 4.78 is 7.38. The SMILES string of the molecule is CNc1cc(C)nc(C2COCCN2C(=O)CCn2ccc(C)n2)n1. The molecule has 0 aliphatic carbocycles. The van der Waals surface area contributed by atoms with Crippen molar-refractivity contribution in [3.8, 4) is 0 Å². The van der Waals surface area contributed by atoms with Crippen LogP contribution in [0.5, 0.6) is 0 Å². The van der Waals surface area contributed by atoms with Crippen molar-refractivity contribution in [1.29, 1.82) is 0 Å². The minimum atomic E-state index is -0.257. The van der Waals surface area contributed by atoms with Crippen LogP contribution in [0, 0.1) is 13.8 Å². The Hall–Kier alpha value is -2.48. The first-order chi connectivity index (χ1) is 12.1. The van der Waals surface area contributed by atoms with Crippen molar-refractivity contribution in [2.24, 2.45) is 0 Å². The van der Waals surface area contributed by atoms with Gasteiger partial charge in [0.1, 0.15) is 11.9 Å². The summed E-state index contributed by atoms with van der Waals surface area (Å²) in [4.78, 5) is 23.6. The molecule has 1 saturated heterocycles. The maximum atomic E-state index is 12.8. The number of rotatable bonds is 5. The first-order valence-corrected chi connectivity index (χ1v) is 8.47. The maximum absolute atomic E-state index is 12.8. The lowest BCUT2D eigenvalue weighted by molar-refractivity contribution is -0.140. The van der Waals surface area contributed by atoms with Crippen LogP contribution in [0.25, 0.3) is 0 Å². The molecule has 2 aromatic heterocycles. The highest BCUT2D eigenvalue weighted by molar-refractivity contribution is 5.76. The van der Waals surface area contributed by atoms with Gasteiger partial charge in [-0.3, -0.25) is 9.48 Å². The zero-order valence-corrected chi connectivity index (χ0v) is 14.9. The number of morpholine rings is 1. The van der Waals surface area contributed by atoms with Crippen molar-refractivity contribution in [3.63, 3.8) is 0 Å². The number of nitrogens with one attached hydrogen (secondary N) is 1. The molecule has 0 aromatic carbocycles. The van der Waals surface area contributed by atoms with Gasteiger partial charge in [0, 0.05) is 44.5 Å². The molecule has 1 aliphatic heterocycles. The summed E-state index contributed by atoms with van der Waals surface area (Å²) in [6.07, 6.45) is 2.28. The molecule has 1 atom stereocenters. The Labute approximate surface area is 147 Å². The topological polar surface area (TPSA) is 85.2 Å². The molecule has 1 unspecified atom stereocenters. The van der Waals surface area contributed by atoms with E-state index in [4.69, 9.17) is 4.74 Å². The molecule has 0 saturated carbocycles. The van der Waals surface area contributed by atoms with Gasteiger partial charge in [-0.2, -0.15) is 5.10 Å². The van der Waals surface area contributed by atoms with Gasteiger partial charge in [0.15, 0.2) is 5.82 Å².